The molecule has 16 heavy (non-hydrogen) atoms. The summed E-state index contributed by atoms with van der Waals surface area (Å²) in [5, 5.41) is 0. The standard InChI is InChI=1S/C13H13ClN2/c14-8-4-5-10-16-11-9-15-13(16)12-6-2-1-3-7-12/h1-7,9,11H,8,10H2. The van der Waals surface area contributed by atoms with Gasteiger partial charge in [-0.15, -0.1) is 11.6 Å². The molecule has 0 N–H and O–H groups in total. The van der Waals surface area contributed by atoms with Gasteiger partial charge in [0.15, 0.2) is 0 Å². The van der Waals surface area contributed by atoms with Crippen molar-refractivity contribution in [3.63, 3.8) is 0 Å². The molecule has 2 nitrogen and oxygen atoms in total. The molecule has 0 fully saturated rings. The summed E-state index contributed by atoms with van der Waals surface area (Å²) in [7, 11) is 0. The summed E-state index contributed by atoms with van der Waals surface area (Å²) in [6.45, 7) is 0.803. The van der Waals surface area contributed by atoms with Gasteiger partial charge in [0.2, 0.25) is 0 Å². The first-order chi connectivity index (χ1) is 7.92. The minimum Gasteiger partial charge on any atom is -0.327 e. The van der Waals surface area contributed by atoms with E-state index in [-0.39, 0.29) is 0 Å². The number of halogens is 1. The van der Waals surface area contributed by atoms with Crippen molar-refractivity contribution >= 4 is 11.6 Å². The van der Waals surface area contributed by atoms with E-state index >= 15 is 0 Å². The van der Waals surface area contributed by atoms with Crippen molar-refractivity contribution in [2.24, 2.45) is 0 Å². The highest BCUT2D eigenvalue weighted by Crippen LogP contribution is 2.16. The van der Waals surface area contributed by atoms with Gasteiger partial charge in [-0.3, -0.25) is 0 Å². The Hall–Kier alpha value is -1.54. The molecule has 1 heterocycles. The maximum atomic E-state index is 5.59. The van der Waals surface area contributed by atoms with Gasteiger partial charge in [0.25, 0.3) is 0 Å². The molecular formula is C13H13ClN2. The predicted molar refractivity (Wildman–Crippen MR) is 67.5 cm³/mol. The molecule has 0 atom stereocenters. The Kier molecular flexibility index (Phi) is 3.78. The first-order valence-electron chi connectivity index (χ1n) is 5.19. The Labute approximate surface area is 100 Å². The molecule has 0 aliphatic carbocycles. The first-order valence-corrected chi connectivity index (χ1v) is 5.73. The van der Waals surface area contributed by atoms with Gasteiger partial charge >= 0.3 is 0 Å². The van der Waals surface area contributed by atoms with Crippen LogP contribution in [0.4, 0.5) is 0 Å². The SMILES string of the molecule is ClCC=CCn1ccnc1-c1ccccc1. The lowest BCUT2D eigenvalue weighted by Gasteiger charge is -2.04. The number of hydrogen-bond acceptors (Lipinski definition) is 1. The topological polar surface area (TPSA) is 17.8 Å². The number of aromatic nitrogens is 2. The van der Waals surface area contributed by atoms with Crippen molar-refractivity contribution in [1.82, 2.24) is 9.55 Å². The number of allylic oxidation sites excluding steroid dienone is 2. The van der Waals surface area contributed by atoms with Crippen molar-refractivity contribution in [2.75, 3.05) is 5.88 Å². The van der Waals surface area contributed by atoms with Crippen molar-refractivity contribution in [3.8, 4) is 11.4 Å². The summed E-state index contributed by atoms with van der Waals surface area (Å²) in [4.78, 5) is 4.36. The second-order valence-electron chi connectivity index (χ2n) is 3.39. The van der Waals surface area contributed by atoms with Crippen molar-refractivity contribution < 1.29 is 0 Å². The summed E-state index contributed by atoms with van der Waals surface area (Å²) in [5.74, 6) is 1.54. The predicted octanol–water partition coefficient (Wildman–Crippen LogP) is 3.35. The number of imidazole rings is 1. The molecule has 0 saturated carbocycles. The fourth-order valence-corrected chi connectivity index (χ4v) is 1.68. The van der Waals surface area contributed by atoms with Crippen LogP contribution in [0.1, 0.15) is 0 Å². The Bertz CT molecular complexity index is 460. The molecule has 2 aromatic rings. The van der Waals surface area contributed by atoms with E-state index in [0.29, 0.717) is 5.88 Å². The van der Waals surface area contributed by atoms with Crippen LogP contribution in [0.5, 0.6) is 0 Å². The fourth-order valence-electron chi connectivity index (χ4n) is 1.56. The minimum atomic E-state index is 0.551. The quantitative estimate of drug-likeness (QED) is 0.584. The van der Waals surface area contributed by atoms with Crippen LogP contribution in [0, 0.1) is 0 Å². The van der Waals surface area contributed by atoms with Gasteiger partial charge in [0.1, 0.15) is 5.82 Å². The third-order valence-electron chi connectivity index (χ3n) is 2.31. The molecule has 0 radical (unpaired) electrons. The third-order valence-corrected chi connectivity index (χ3v) is 2.48. The van der Waals surface area contributed by atoms with E-state index in [4.69, 9.17) is 11.6 Å². The van der Waals surface area contributed by atoms with Crippen LogP contribution in [-0.2, 0) is 6.54 Å². The van der Waals surface area contributed by atoms with Crippen LogP contribution in [-0.4, -0.2) is 15.4 Å². The summed E-state index contributed by atoms with van der Waals surface area (Å²) < 4.78 is 2.10. The summed E-state index contributed by atoms with van der Waals surface area (Å²) in [5.41, 5.74) is 1.13. The van der Waals surface area contributed by atoms with Crippen molar-refractivity contribution in [3.05, 3.63) is 54.9 Å². The molecule has 3 heteroatoms. The molecule has 82 valence electrons. The average molecular weight is 233 g/mol. The van der Waals surface area contributed by atoms with E-state index in [9.17, 15) is 0 Å². The van der Waals surface area contributed by atoms with Gasteiger partial charge in [0.05, 0.1) is 0 Å². The van der Waals surface area contributed by atoms with Crippen LogP contribution in [0.25, 0.3) is 11.4 Å². The zero-order valence-electron chi connectivity index (χ0n) is 8.88. The van der Waals surface area contributed by atoms with Crippen LogP contribution >= 0.6 is 11.6 Å². The van der Waals surface area contributed by atoms with Crippen LogP contribution < -0.4 is 0 Å². The second-order valence-corrected chi connectivity index (χ2v) is 3.70. The Balaban J connectivity index is 2.23. The Morgan fingerprint density at radius 2 is 2.00 bits per heavy atom. The average Bonchev–Trinajstić information content (AvgIpc) is 2.79. The lowest BCUT2D eigenvalue weighted by atomic mass is 10.2. The van der Waals surface area contributed by atoms with Gasteiger partial charge < -0.3 is 4.57 Å². The number of benzene rings is 1. The van der Waals surface area contributed by atoms with E-state index in [0.717, 1.165) is 17.9 Å². The lowest BCUT2D eigenvalue weighted by molar-refractivity contribution is 0.830. The third kappa shape index (κ3) is 2.52. The highest BCUT2D eigenvalue weighted by atomic mass is 35.5. The molecule has 0 aliphatic rings. The molecule has 0 amide bonds. The normalized spacial score (nSPS) is 11.1. The zero-order chi connectivity index (χ0) is 11.2. The first kappa shape index (κ1) is 11.0. The summed E-state index contributed by atoms with van der Waals surface area (Å²) >= 11 is 5.59. The molecule has 0 bridgehead atoms. The molecule has 0 saturated heterocycles. The van der Waals surface area contributed by atoms with E-state index in [1.807, 2.05) is 42.7 Å². The van der Waals surface area contributed by atoms with Gasteiger partial charge in [-0.1, -0.05) is 42.5 Å². The maximum absolute atomic E-state index is 5.59. The highest BCUT2D eigenvalue weighted by molar-refractivity contribution is 6.18. The summed E-state index contributed by atoms with van der Waals surface area (Å²) in [6, 6.07) is 10.2. The van der Waals surface area contributed by atoms with Crippen molar-refractivity contribution in [2.45, 2.75) is 6.54 Å². The van der Waals surface area contributed by atoms with Crippen LogP contribution in [0.3, 0.4) is 0 Å². The largest absolute Gasteiger partial charge is 0.327 e. The lowest BCUT2D eigenvalue weighted by Crippen LogP contribution is -1.96. The van der Waals surface area contributed by atoms with Gasteiger partial charge in [0, 0.05) is 30.4 Å². The second kappa shape index (κ2) is 5.52. The van der Waals surface area contributed by atoms with Gasteiger partial charge in [-0.05, 0) is 0 Å². The molecule has 2 rings (SSSR count). The Morgan fingerprint density at radius 1 is 1.19 bits per heavy atom. The van der Waals surface area contributed by atoms with Gasteiger partial charge in [-0.25, -0.2) is 4.98 Å². The molecule has 0 unspecified atom stereocenters. The van der Waals surface area contributed by atoms with E-state index in [1.165, 1.54) is 0 Å². The zero-order valence-corrected chi connectivity index (χ0v) is 9.64. The number of rotatable bonds is 4. The molecule has 1 aromatic carbocycles. The molecule has 1 aromatic heterocycles. The maximum Gasteiger partial charge on any atom is 0.140 e. The highest BCUT2D eigenvalue weighted by Gasteiger charge is 2.02. The van der Waals surface area contributed by atoms with E-state index in [2.05, 4.69) is 21.7 Å². The van der Waals surface area contributed by atoms with Crippen LogP contribution in [0.15, 0.2) is 54.9 Å². The van der Waals surface area contributed by atoms with E-state index < -0.39 is 0 Å². The molecular weight excluding hydrogens is 220 g/mol. The number of alkyl halides is 1. The Morgan fingerprint density at radius 3 is 2.75 bits per heavy atom. The number of hydrogen-bond donors (Lipinski definition) is 0. The molecule has 0 aliphatic heterocycles. The summed E-state index contributed by atoms with van der Waals surface area (Å²) in [6.07, 6.45) is 7.77. The van der Waals surface area contributed by atoms with Crippen molar-refractivity contribution in [1.29, 1.82) is 0 Å². The monoisotopic (exact) mass is 232 g/mol. The van der Waals surface area contributed by atoms with Crippen LogP contribution in [0.2, 0.25) is 0 Å². The smallest absolute Gasteiger partial charge is 0.140 e. The fraction of sp³-hybridized carbons (Fsp3) is 0.154. The number of nitrogens with zero attached hydrogens (tertiary/aromatic N) is 2. The van der Waals surface area contributed by atoms with Gasteiger partial charge in [-0.2, -0.15) is 0 Å². The molecule has 0 spiro atoms. The van der Waals surface area contributed by atoms with E-state index in [1.54, 1.807) is 0 Å². The minimum absolute atomic E-state index is 0.551.